The van der Waals surface area contributed by atoms with E-state index in [1.54, 1.807) is 61.5 Å². The highest BCUT2D eigenvalue weighted by molar-refractivity contribution is 7.92. The van der Waals surface area contributed by atoms with Crippen molar-refractivity contribution in [3.05, 3.63) is 72.3 Å². The Morgan fingerprint density at radius 1 is 0.919 bits per heavy atom. The van der Waals surface area contributed by atoms with E-state index >= 15 is 0 Å². The predicted molar refractivity (Wildman–Crippen MR) is 140 cm³/mol. The number of methoxy groups -OCH3 is 3. The zero-order valence-electron chi connectivity index (χ0n) is 21.0. The Labute approximate surface area is 216 Å². The van der Waals surface area contributed by atoms with Gasteiger partial charge in [-0.15, -0.1) is 0 Å². The van der Waals surface area contributed by atoms with E-state index in [1.807, 2.05) is 0 Å². The number of para-hydroxylation sites is 2. The van der Waals surface area contributed by atoms with Gasteiger partial charge in [0.1, 0.15) is 12.3 Å². The van der Waals surface area contributed by atoms with Gasteiger partial charge in [0, 0.05) is 5.56 Å². The van der Waals surface area contributed by atoms with E-state index in [0.29, 0.717) is 35.2 Å². The van der Waals surface area contributed by atoms with Crippen molar-refractivity contribution in [3.8, 4) is 23.0 Å². The summed E-state index contributed by atoms with van der Waals surface area (Å²) < 4.78 is 49.6. The Morgan fingerprint density at radius 2 is 1.54 bits per heavy atom. The number of ether oxygens (including phenoxy) is 4. The number of amides is 1. The molecule has 0 bridgehead atoms. The third kappa shape index (κ3) is 6.50. The second kappa shape index (κ2) is 12.6. The summed E-state index contributed by atoms with van der Waals surface area (Å²) in [5, 5.41) is 3.98. The summed E-state index contributed by atoms with van der Waals surface area (Å²) in [5.74, 6) is 0.929. The van der Waals surface area contributed by atoms with Gasteiger partial charge >= 0.3 is 0 Å². The number of anilines is 1. The number of carbonyl (C=O) groups excluding carboxylic acids is 1. The van der Waals surface area contributed by atoms with Gasteiger partial charge in [0.2, 0.25) is 5.75 Å². The second-order valence-electron chi connectivity index (χ2n) is 7.48. The van der Waals surface area contributed by atoms with Crippen LogP contribution in [0.15, 0.2) is 76.7 Å². The molecule has 37 heavy (non-hydrogen) atoms. The predicted octanol–water partition coefficient (Wildman–Crippen LogP) is 3.46. The van der Waals surface area contributed by atoms with Gasteiger partial charge in [-0.25, -0.2) is 13.8 Å². The van der Waals surface area contributed by atoms with Crippen LogP contribution >= 0.6 is 0 Å². The van der Waals surface area contributed by atoms with Crippen LogP contribution in [0.25, 0.3) is 0 Å². The van der Waals surface area contributed by atoms with Gasteiger partial charge in [0.25, 0.3) is 15.9 Å². The number of rotatable bonds is 12. The van der Waals surface area contributed by atoms with Crippen molar-refractivity contribution in [1.82, 2.24) is 5.43 Å². The molecule has 0 atom stereocenters. The maximum Gasteiger partial charge on any atom is 0.264 e. The number of benzene rings is 3. The summed E-state index contributed by atoms with van der Waals surface area (Å²) >= 11 is 0. The number of hydrogen-bond acceptors (Lipinski definition) is 8. The van der Waals surface area contributed by atoms with E-state index in [4.69, 9.17) is 18.9 Å². The number of carbonyl (C=O) groups is 1. The molecule has 0 aliphatic carbocycles. The average Bonchev–Trinajstić information content (AvgIpc) is 2.92. The number of nitrogens with one attached hydrogen (secondary N) is 1. The van der Waals surface area contributed by atoms with Crippen molar-refractivity contribution < 1.29 is 32.2 Å². The minimum atomic E-state index is -4.10. The molecule has 1 amide bonds. The highest BCUT2D eigenvalue weighted by Gasteiger charge is 2.29. The van der Waals surface area contributed by atoms with Crippen molar-refractivity contribution >= 4 is 27.8 Å². The van der Waals surface area contributed by atoms with Crippen molar-refractivity contribution in [3.63, 3.8) is 0 Å². The largest absolute Gasteiger partial charge is 0.493 e. The normalized spacial score (nSPS) is 11.1. The van der Waals surface area contributed by atoms with Gasteiger partial charge in [-0.2, -0.15) is 5.10 Å². The third-order valence-electron chi connectivity index (χ3n) is 5.14. The van der Waals surface area contributed by atoms with E-state index < -0.39 is 22.5 Å². The lowest BCUT2D eigenvalue weighted by atomic mass is 10.2. The minimum Gasteiger partial charge on any atom is -0.493 e. The van der Waals surface area contributed by atoms with Crippen LogP contribution in [0.5, 0.6) is 23.0 Å². The van der Waals surface area contributed by atoms with Crippen LogP contribution in [0, 0.1) is 0 Å². The number of hydrogen-bond donors (Lipinski definition) is 1. The lowest BCUT2D eigenvalue weighted by molar-refractivity contribution is -0.119. The van der Waals surface area contributed by atoms with Crippen molar-refractivity contribution in [2.24, 2.45) is 5.10 Å². The van der Waals surface area contributed by atoms with Gasteiger partial charge < -0.3 is 18.9 Å². The molecule has 0 aromatic heterocycles. The molecule has 0 aliphatic rings. The molecule has 196 valence electrons. The molecule has 0 saturated carbocycles. The number of nitrogens with zero attached hydrogens (tertiary/aromatic N) is 2. The van der Waals surface area contributed by atoms with Gasteiger partial charge in [-0.3, -0.25) is 9.10 Å². The SMILES string of the molecule is CCOc1ccccc1N(CC(=O)N/N=C\c1cc(OC)c(OC)c(OC)c1)S(=O)(=O)c1ccccc1. The molecule has 11 heteroatoms. The van der Waals surface area contributed by atoms with Crippen LogP contribution in [0.1, 0.15) is 12.5 Å². The summed E-state index contributed by atoms with van der Waals surface area (Å²) in [4.78, 5) is 12.9. The first-order valence-electron chi connectivity index (χ1n) is 11.3. The summed E-state index contributed by atoms with van der Waals surface area (Å²) in [7, 11) is 0.370. The van der Waals surface area contributed by atoms with Crippen molar-refractivity contribution in [1.29, 1.82) is 0 Å². The van der Waals surface area contributed by atoms with Crippen LogP contribution in [0.4, 0.5) is 5.69 Å². The molecule has 0 aliphatic heterocycles. The summed E-state index contributed by atoms with van der Waals surface area (Å²) in [6, 6.07) is 17.8. The fraction of sp³-hybridized carbons (Fsp3) is 0.231. The monoisotopic (exact) mass is 527 g/mol. The highest BCUT2D eigenvalue weighted by atomic mass is 32.2. The Hall–Kier alpha value is -4.25. The maximum atomic E-state index is 13.5. The molecule has 0 spiro atoms. The Morgan fingerprint density at radius 3 is 2.14 bits per heavy atom. The molecule has 1 N–H and O–H groups in total. The fourth-order valence-electron chi connectivity index (χ4n) is 3.48. The molecule has 0 fully saturated rings. The molecule has 10 nitrogen and oxygen atoms in total. The first-order chi connectivity index (χ1) is 17.8. The van der Waals surface area contributed by atoms with Crippen LogP contribution in [-0.2, 0) is 14.8 Å². The van der Waals surface area contributed by atoms with Gasteiger partial charge in [0.05, 0.1) is 44.7 Å². The van der Waals surface area contributed by atoms with E-state index in [2.05, 4.69) is 10.5 Å². The number of sulfonamides is 1. The number of hydrazone groups is 1. The summed E-state index contributed by atoms with van der Waals surface area (Å²) in [5.41, 5.74) is 3.17. The zero-order valence-corrected chi connectivity index (χ0v) is 21.8. The average molecular weight is 528 g/mol. The third-order valence-corrected chi connectivity index (χ3v) is 6.92. The van der Waals surface area contributed by atoms with Gasteiger partial charge in [0.15, 0.2) is 11.5 Å². The summed E-state index contributed by atoms with van der Waals surface area (Å²) in [6.07, 6.45) is 1.38. The highest BCUT2D eigenvalue weighted by Crippen LogP contribution is 2.37. The molecule has 0 heterocycles. The van der Waals surface area contributed by atoms with Gasteiger partial charge in [-0.1, -0.05) is 30.3 Å². The smallest absolute Gasteiger partial charge is 0.264 e. The van der Waals surface area contributed by atoms with Crippen molar-refractivity contribution in [2.45, 2.75) is 11.8 Å². The lowest BCUT2D eigenvalue weighted by Gasteiger charge is -2.25. The van der Waals surface area contributed by atoms with Crippen LogP contribution in [-0.4, -0.2) is 55.0 Å². The Balaban J connectivity index is 1.88. The Bertz CT molecular complexity index is 1320. The van der Waals surface area contributed by atoms with Crippen LogP contribution in [0.2, 0.25) is 0 Å². The molecular formula is C26H29N3O7S. The van der Waals surface area contributed by atoms with Gasteiger partial charge in [-0.05, 0) is 43.3 Å². The molecule has 0 saturated heterocycles. The Kier molecular flexibility index (Phi) is 9.33. The van der Waals surface area contributed by atoms with E-state index in [1.165, 1.54) is 39.7 Å². The molecule has 0 unspecified atom stereocenters. The maximum absolute atomic E-state index is 13.5. The molecule has 3 aromatic rings. The molecule has 3 rings (SSSR count). The van der Waals surface area contributed by atoms with Crippen LogP contribution < -0.4 is 28.7 Å². The van der Waals surface area contributed by atoms with E-state index in [9.17, 15) is 13.2 Å². The zero-order chi connectivity index (χ0) is 26.8. The minimum absolute atomic E-state index is 0.0371. The topological polar surface area (TPSA) is 116 Å². The first-order valence-corrected chi connectivity index (χ1v) is 12.7. The summed E-state index contributed by atoms with van der Waals surface area (Å²) in [6.45, 7) is 1.58. The quantitative estimate of drug-likeness (QED) is 0.283. The molecular weight excluding hydrogens is 498 g/mol. The fourth-order valence-corrected chi connectivity index (χ4v) is 4.93. The van der Waals surface area contributed by atoms with E-state index in [0.717, 1.165) is 4.31 Å². The van der Waals surface area contributed by atoms with Crippen molar-refractivity contribution in [2.75, 3.05) is 38.8 Å². The van der Waals surface area contributed by atoms with E-state index in [-0.39, 0.29) is 10.6 Å². The standard InChI is InChI=1S/C26H29N3O7S/c1-5-36-22-14-10-9-13-21(22)29(37(31,32)20-11-7-6-8-12-20)18-25(30)28-27-17-19-15-23(33-2)26(35-4)24(16-19)34-3/h6-17H,5,18H2,1-4H3,(H,28,30)/b27-17-. The second-order valence-corrected chi connectivity index (χ2v) is 9.34. The van der Waals surface area contributed by atoms with Crippen LogP contribution in [0.3, 0.4) is 0 Å². The lowest BCUT2D eigenvalue weighted by Crippen LogP contribution is -2.39. The first kappa shape index (κ1) is 27.3. The molecule has 3 aromatic carbocycles. The molecule has 0 radical (unpaired) electrons.